The molecule has 4 heteroatoms. The largest absolute Gasteiger partial charge is 0.311 e. The van der Waals surface area contributed by atoms with Crippen LogP contribution < -0.4 is 5.32 Å². The van der Waals surface area contributed by atoms with Crippen molar-refractivity contribution in [3.63, 3.8) is 0 Å². The normalized spacial score (nSPS) is 10.1. The topological polar surface area (TPSA) is 53.6 Å². The third-order valence-electron chi connectivity index (χ3n) is 2.30. The second-order valence-corrected chi connectivity index (χ2v) is 3.43. The lowest BCUT2D eigenvalue weighted by molar-refractivity contribution is 0.567. The average molecular weight is 206 g/mol. The maximum Gasteiger partial charge on any atom is 0.0621 e. The van der Waals surface area contributed by atoms with Crippen molar-refractivity contribution in [2.24, 2.45) is 0 Å². The van der Waals surface area contributed by atoms with E-state index in [1.807, 2.05) is 16.9 Å². The molecule has 0 atom stereocenters. The van der Waals surface area contributed by atoms with E-state index in [1.54, 1.807) is 0 Å². The fourth-order valence-electron chi connectivity index (χ4n) is 1.47. The highest BCUT2D eigenvalue weighted by Crippen LogP contribution is 1.98. The van der Waals surface area contributed by atoms with Gasteiger partial charge in [-0.2, -0.15) is 10.4 Å². The van der Waals surface area contributed by atoms with Gasteiger partial charge in [-0.25, -0.2) is 0 Å². The highest BCUT2D eigenvalue weighted by molar-refractivity contribution is 4.99. The Balaban J connectivity index is 2.12. The lowest BCUT2D eigenvalue weighted by atomic mass is 10.2. The van der Waals surface area contributed by atoms with Gasteiger partial charge < -0.3 is 5.32 Å². The molecule has 0 aliphatic rings. The van der Waals surface area contributed by atoms with Crippen LogP contribution >= 0.6 is 0 Å². The van der Waals surface area contributed by atoms with Crippen molar-refractivity contribution in [3.05, 3.63) is 18.0 Å². The molecule has 1 aromatic heterocycles. The first-order valence-corrected chi connectivity index (χ1v) is 5.46. The highest BCUT2D eigenvalue weighted by atomic mass is 15.3. The number of aryl methyl sites for hydroxylation is 1. The van der Waals surface area contributed by atoms with Gasteiger partial charge >= 0.3 is 0 Å². The average Bonchev–Trinajstić information content (AvgIpc) is 2.70. The molecule has 4 nitrogen and oxygen atoms in total. The fourth-order valence-corrected chi connectivity index (χ4v) is 1.47. The highest BCUT2D eigenvalue weighted by Gasteiger charge is 1.98. The van der Waals surface area contributed by atoms with Gasteiger partial charge in [0, 0.05) is 25.7 Å². The number of hydrogen-bond acceptors (Lipinski definition) is 3. The zero-order chi connectivity index (χ0) is 10.9. The van der Waals surface area contributed by atoms with Crippen molar-refractivity contribution in [2.45, 2.75) is 39.3 Å². The molecule has 0 aromatic carbocycles. The Morgan fingerprint density at radius 3 is 3.13 bits per heavy atom. The van der Waals surface area contributed by atoms with E-state index >= 15 is 0 Å². The van der Waals surface area contributed by atoms with E-state index in [4.69, 9.17) is 5.26 Å². The van der Waals surface area contributed by atoms with Gasteiger partial charge in [0.2, 0.25) is 0 Å². The SMILES string of the molecule is CCn1nccc1CNCCCCC#N. The predicted octanol–water partition coefficient (Wildman–Crippen LogP) is 1.69. The number of nitrogens with one attached hydrogen (secondary N) is 1. The van der Waals surface area contributed by atoms with E-state index in [0.717, 1.165) is 32.5 Å². The number of nitriles is 1. The first kappa shape index (κ1) is 11.7. The lowest BCUT2D eigenvalue weighted by Gasteiger charge is -2.05. The van der Waals surface area contributed by atoms with Crippen LogP contribution in [0.25, 0.3) is 0 Å². The molecule has 1 N–H and O–H groups in total. The summed E-state index contributed by atoms with van der Waals surface area (Å²) in [5.41, 5.74) is 1.22. The van der Waals surface area contributed by atoms with Crippen molar-refractivity contribution in [1.29, 1.82) is 5.26 Å². The summed E-state index contributed by atoms with van der Waals surface area (Å²) < 4.78 is 1.99. The van der Waals surface area contributed by atoms with Gasteiger partial charge in [0.25, 0.3) is 0 Å². The molecule has 82 valence electrons. The molecule has 0 spiro atoms. The van der Waals surface area contributed by atoms with Crippen LogP contribution in [-0.2, 0) is 13.1 Å². The zero-order valence-electron chi connectivity index (χ0n) is 9.24. The van der Waals surface area contributed by atoms with Crippen molar-refractivity contribution in [1.82, 2.24) is 15.1 Å². The van der Waals surface area contributed by atoms with E-state index < -0.39 is 0 Å². The molecule has 0 saturated heterocycles. The second kappa shape index (κ2) is 7.02. The Morgan fingerprint density at radius 1 is 1.53 bits per heavy atom. The van der Waals surface area contributed by atoms with Gasteiger partial charge in [0.05, 0.1) is 11.8 Å². The molecule has 1 aromatic rings. The number of aromatic nitrogens is 2. The number of hydrogen-bond donors (Lipinski definition) is 1. The van der Waals surface area contributed by atoms with Crippen LogP contribution in [0.3, 0.4) is 0 Å². The maximum absolute atomic E-state index is 8.36. The van der Waals surface area contributed by atoms with Crippen LogP contribution in [-0.4, -0.2) is 16.3 Å². The first-order valence-electron chi connectivity index (χ1n) is 5.46. The number of nitrogens with zero attached hydrogens (tertiary/aromatic N) is 3. The van der Waals surface area contributed by atoms with Gasteiger partial charge in [-0.15, -0.1) is 0 Å². The summed E-state index contributed by atoms with van der Waals surface area (Å²) >= 11 is 0. The molecule has 0 amide bonds. The van der Waals surface area contributed by atoms with E-state index in [2.05, 4.69) is 23.4 Å². The molecule has 0 aliphatic heterocycles. The molecule has 0 fully saturated rings. The smallest absolute Gasteiger partial charge is 0.0621 e. The quantitative estimate of drug-likeness (QED) is 0.691. The lowest BCUT2D eigenvalue weighted by Crippen LogP contribution is -2.17. The van der Waals surface area contributed by atoms with Crippen LogP contribution in [0.5, 0.6) is 0 Å². The Labute approximate surface area is 90.9 Å². The molecule has 1 rings (SSSR count). The monoisotopic (exact) mass is 206 g/mol. The van der Waals surface area contributed by atoms with Crippen molar-refractivity contribution in [3.8, 4) is 6.07 Å². The summed E-state index contributed by atoms with van der Waals surface area (Å²) in [6.07, 6.45) is 4.54. The minimum absolute atomic E-state index is 0.661. The minimum atomic E-state index is 0.661. The van der Waals surface area contributed by atoms with Gasteiger partial charge in [-0.3, -0.25) is 4.68 Å². The number of rotatable bonds is 7. The third-order valence-corrected chi connectivity index (χ3v) is 2.30. The van der Waals surface area contributed by atoms with E-state index in [1.165, 1.54) is 5.69 Å². The Morgan fingerprint density at radius 2 is 2.40 bits per heavy atom. The molecular formula is C11H18N4. The minimum Gasteiger partial charge on any atom is -0.311 e. The molecule has 1 heterocycles. The van der Waals surface area contributed by atoms with Crippen LogP contribution in [0, 0.1) is 11.3 Å². The molecule has 0 unspecified atom stereocenters. The van der Waals surface area contributed by atoms with Crippen LogP contribution in [0.1, 0.15) is 31.9 Å². The fraction of sp³-hybridized carbons (Fsp3) is 0.636. The summed E-state index contributed by atoms with van der Waals surface area (Å²) in [6.45, 7) is 4.83. The molecule has 0 bridgehead atoms. The van der Waals surface area contributed by atoms with Gasteiger partial charge in [-0.1, -0.05) is 0 Å². The first-order chi connectivity index (χ1) is 7.38. The molecular weight excluding hydrogens is 188 g/mol. The summed E-state index contributed by atoms with van der Waals surface area (Å²) in [6, 6.07) is 4.18. The van der Waals surface area contributed by atoms with Gasteiger partial charge in [0.15, 0.2) is 0 Å². The van der Waals surface area contributed by atoms with E-state index in [0.29, 0.717) is 6.42 Å². The van der Waals surface area contributed by atoms with Crippen LogP contribution in [0.2, 0.25) is 0 Å². The van der Waals surface area contributed by atoms with E-state index in [9.17, 15) is 0 Å². The second-order valence-electron chi connectivity index (χ2n) is 3.43. The molecule has 0 radical (unpaired) electrons. The Kier molecular flexibility index (Phi) is 5.49. The molecule has 15 heavy (non-hydrogen) atoms. The maximum atomic E-state index is 8.36. The summed E-state index contributed by atoms with van der Waals surface area (Å²) in [5, 5.41) is 15.9. The third kappa shape index (κ3) is 4.13. The molecule has 0 aliphatic carbocycles. The number of unbranched alkanes of at least 4 members (excludes halogenated alkanes) is 2. The zero-order valence-corrected chi connectivity index (χ0v) is 9.24. The summed E-state index contributed by atoms with van der Waals surface area (Å²) in [4.78, 5) is 0. The van der Waals surface area contributed by atoms with Crippen LogP contribution in [0.15, 0.2) is 12.3 Å². The van der Waals surface area contributed by atoms with Crippen molar-refractivity contribution >= 4 is 0 Å². The summed E-state index contributed by atoms with van der Waals surface area (Å²) in [7, 11) is 0. The van der Waals surface area contributed by atoms with Crippen molar-refractivity contribution < 1.29 is 0 Å². The standard InChI is InChI=1S/C11H18N4/c1-2-15-11(6-9-14-15)10-13-8-5-3-4-7-12/h6,9,13H,2-5,8,10H2,1H3. The predicted molar refractivity (Wildman–Crippen MR) is 59.1 cm³/mol. The summed E-state index contributed by atoms with van der Waals surface area (Å²) in [5.74, 6) is 0. The van der Waals surface area contributed by atoms with Crippen LogP contribution in [0.4, 0.5) is 0 Å². The van der Waals surface area contributed by atoms with Crippen molar-refractivity contribution in [2.75, 3.05) is 6.54 Å². The molecule has 0 saturated carbocycles. The Hall–Kier alpha value is -1.34. The Bertz CT molecular complexity index is 311. The van der Waals surface area contributed by atoms with Gasteiger partial charge in [-0.05, 0) is 32.4 Å². The van der Waals surface area contributed by atoms with Gasteiger partial charge in [0.1, 0.15) is 0 Å². The van der Waals surface area contributed by atoms with E-state index in [-0.39, 0.29) is 0 Å².